The SMILES string of the molecule is COc1ccc(Oc2ncccc2[C@H](C)N)c([N+](=O)[O-])c1. The number of ether oxygens (including phenoxy) is 2. The van der Waals surface area contributed by atoms with Gasteiger partial charge < -0.3 is 15.2 Å². The fourth-order valence-corrected chi connectivity index (χ4v) is 1.79. The maximum absolute atomic E-state index is 11.1. The van der Waals surface area contributed by atoms with Crippen LogP contribution in [0.5, 0.6) is 17.4 Å². The summed E-state index contributed by atoms with van der Waals surface area (Å²) in [5.41, 5.74) is 6.31. The predicted molar refractivity (Wildman–Crippen MR) is 76.6 cm³/mol. The van der Waals surface area contributed by atoms with Gasteiger partial charge in [0.05, 0.1) is 18.1 Å². The van der Waals surface area contributed by atoms with Crippen molar-refractivity contribution in [2.45, 2.75) is 13.0 Å². The van der Waals surface area contributed by atoms with E-state index in [0.29, 0.717) is 11.3 Å². The van der Waals surface area contributed by atoms with Crippen LogP contribution in [0.15, 0.2) is 36.5 Å². The molecule has 0 amide bonds. The van der Waals surface area contributed by atoms with E-state index in [0.717, 1.165) is 0 Å². The molecule has 2 N–H and O–H groups in total. The van der Waals surface area contributed by atoms with Crippen LogP contribution in [0.25, 0.3) is 0 Å². The van der Waals surface area contributed by atoms with Gasteiger partial charge in [-0.05, 0) is 25.1 Å². The monoisotopic (exact) mass is 289 g/mol. The molecule has 0 bridgehead atoms. The summed E-state index contributed by atoms with van der Waals surface area (Å²) in [6.45, 7) is 1.78. The molecule has 7 heteroatoms. The van der Waals surface area contributed by atoms with E-state index in [9.17, 15) is 10.1 Å². The summed E-state index contributed by atoms with van der Waals surface area (Å²) in [7, 11) is 1.44. The summed E-state index contributed by atoms with van der Waals surface area (Å²) >= 11 is 0. The zero-order chi connectivity index (χ0) is 15.4. The Labute approximate surface area is 121 Å². The minimum atomic E-state index is -0.535. The molecular weight excluding hydrogens is 274 g/mol. The molecule has 0 fully saturated rings. The van der Waals surface area contributed by atoms with Gasteiger partial charge in [-0.2, -0.15) is 0 Å². The highest BCUT2D eigenvalue weighted by atomic mass is 16.6. The maximum atomic E-state index is 11.1. The van der Waals surface area contributed by atoms with E-state index in [1.54, 1.807) is 25.1 Å². The van der Waals surface area contributed by atoms with E-state index in [1.807, 2.05) is 0 Å². The predicted octanol–water partition coefficient (Wildman–Crippen LogP) is 2.81. The minimum Gasteiger partial charge on any atom is -0.496 e. The van der Waals surface area contributed by atoms with Crippen molar-refractivity contribution in [3.63, 3.8) is 0 Å². The molecule has 21 heavy (non-hydrogen) atoms. The van der Waals surface area contributed by atoms with Crippen LogP contribution in [0.1, 0.15) is 18.5 Å². The van der Waals surface area contributed by atoms with Gasteiger partial charge in [0.2, 0.25) is 11.6 Å². The smallest absolute Gasteiger partial charge is 0.315 e. The number of nitro benzene ring substituents is 1. The molecule has 7 nitrogen and oxygen atoms in total. The topological polar surface area (TPSA) is 101 Å². The average Bonchev–Trinajstić information content (AvgIpc) is 2.47. The molecule has 1 aromatic heterocycles. The molecule has 0 unspecified atom stereocenters. The van der Waals surface area contributed by atoms with Crippen molar-refractivity contribution >= 4 is 5.69 Å². The highest BCUT2D eigenvalue weighted by Crippen LogP contribution is 2.35. The molecule has 2 aromatic rings. The number of nitrogens with two attached hydrogens (primary N) is 1. The first-order valence-electron chi connectivity index (χ1n) is 6.23. The van der Waals surface area contributed by atoms with Crippen molar-refractivity contribution in [1.29, 1.82) is 0 Å². The van der Waals surface area contributed by atoms with Crippen molar-refractivity contribution in [3.8, 4) is 17.4 Å². The number of nitro groups is 1. The van der Waals surface area contributed by atoms with E-state index in [2.05, 4.69) is 4.98 Å². The first-order chi connectivity index (χ1) is 10.0. The standard InChI is InChI=1S/C14H15N3O4/c1-9(15)11-4-3-7-16-14(11)21-13-6-5-10(20-2)8-12(13)17(18)19/h3-9H,15H2,1-2H3/t9-/m0/s1. The number of aromatic nitrogens is 1. The Morgan fingerprint density at radius 1 is 1.38 bits per heavy atom. The fourth-order valence-electron chi connectivity index (χ4n) is 1.79. The Morgan fingerprint density at radius 3 is 2.76 bits per heavy atom. The third-order valence-electron chi connectivity index (χ3n) is 2.86. The summed E-state index contributed by atoms with van der Waals surface area (Å²) in [6, 6.07) is 7.54. The average molecular weight is 289 g/mol. The van der Waals surface area contributed by atoms with E-state index >= 15 is 0 Å². The van der Waals surface area contributed by atoms with Crippen LogP contribution in [0, 0.1) is 10.1 Å². The number of hydrogen-bond donors (Lipinski definition) is 1. The zero-order valence-corrected chi connectivity index (χ0v) is 11.6. The van der Waals surface area contributed by atoms with E-state index in [1.165, 1.54) is 25.4 Å². The number of rotatable bonds is 5. The summed E-state index contributed by atoms with van der Waals surface area (Å²) in [4.78, 5) is 14.7. The normalized spacial score (nSPS) is 11.8. The van der Waals surface area contributed by atoms with Gasteiger partial charge in [0.15, 0.2) is 0 Å². The number of nitrogens with zero attached hydrogens (tertiary/aromatic N) is 2. The zero-order valence-electron chi connectivity index (χ0n) is 11.6. The quantitative estimate of drug-likeness (QED) is 0.671. The maximum Gasteiger partial charge on any atom is 0.315 e. The number of benzene rings is 1. The molecule has 0 radical (unpaired) electrons. The van der Waals surface area contributed by atoms with Gasteiger partial charge in [0, 0.05) is 17.8 Å². The van der Waals surface area contributed by atoms with Crippen LogP contribution >= 0.6 is 0 Å². The lowest BCUT2D eigenvalue weighted by Gasteiger charge is -2.12. The molecule has 1 atom stereocenters. The van der Waals surface area contributed by atoms with E-state index < -0.39 is 4.92 Å². The first kappa shape index (κ1) is 14.7. The van der Waals surface area contributed by atoms with Crippen LogP contribution in [0.3, 0.4) is 0 Å². The fraction of sp³-hybridized carbons (Fsp3) is 0.214. The van der Waals surface area contributed by atoms with Crippen LogP contribution in [0.2, 0.25) is 0 Å². The molecule has 2 rings (SSSR count). The van der Waals surface area contributed by atoms with Gasteiger partial charge in [-0.1, -0.05) is 6.07 Å². The molecule has 1 heterocycles. The summed E-state index contributed by atoms with van der Waals surface area (Å²) < 4.78 is 10.6. The Hall–Kier alpha value is -2.67. The number of methoxy groups -OCH3 is 1. The number of pyridine rings is 1. The van der Waals surface area contributed by atoms with E-state index in [4.69, 9.17) is 15.2 Å². The lowest BCUT2D eigenvalue weighted by atomic mass is 10.1. The second kappa shape index (κ2) is 6.19. The van der Waals surface area contributed by atoms with E-state index in [-0.39, 0.29) is 23.4 Å². The lowest BCUT2D eigenvalue weighted by molar-refractivity contribution is -0.385. The summed E-state index contributed by atoms with van der Waals surface area (Å²) in [5, 5.41) is 11.1. The third-order valence-corrected chi connectivity index (χ3v) is 2.86. The summed E-state index contributed by atoms with van der Waals surface area (Å²) in [6.07, 6.45) is 1.54. The van der Waals surface area contributed by atoms with Crippen molar-refractivity contribution in [3.05, 3.63) is 52.2 Å². The molecule has 0 aliphatic rings. The van der Waals surface area contributed by atoms with Crippen molar-refractivity contribution < 1.29 is 14.4 Å². The highest BCUT2D eigenvalue weighted by Gasteiger charge is 2.19. The second-order valence-electron chi connectivity index (χ2n) is 4.38. The summed E-state index contributed by atoms with van der Waals surface area (Å²) in [5.74, 6) is 0.713. The van der Waals surface area contributed by atoms with Crippen molar-refractivity contribution in [1.82, 2.24) is 4.98 Å². The van der Waals surface area contributed by atoms with Crippen LogP contribution < -0.4 is 15.2 Å². The third kappa shape index (κ3) is 3.26. The van der Waals surface area contributed by atoms with Crippen LogP contribution in [-0.2, 0) is 0 Å². The first-order valence-corrected chi connectivity index (χ1v) is 6.23. The van der Waals surface area contributed by atoms with Crippen molar-refractivity contribution in [2.75, 3.05) is 7.11 Å². The Balaban J connectivity index is 2.42. The Kier molecular flexibility index (Phi) is 4.34. The van der Waals surface area contributed by atoms with Crippen LogP contribution in [0.4, 0.5) is 5.69 Å². The van der Waals surface area contributed by atoms with Gasteiger partial charge in [0.1, 0.15) is 5.75 Å². The second-order valence-corrected chi connectivity index (χ2v) is 4.38. The van der Waals surface area contributed by atoms with Gasteiger partial charge in [-0.15, -0.1) is 0 Å². The Morgan fingerprint density at radius 2 is 2.14 bits per heavy atom. The largest absolute Gasteiger partial charge is 0.496 e. The number of hydrogen-bond acceptors (Lipinski definition) is 6. The van der Waals surface area contributed by atoms with Gasteiger partial charge in [-0.3, -0.25) is 10.1 Å². The minimum absolute atomic E-state index is 0.0846. The van der Waals surface area contributed by atoms with Crippen LogP contribution in [-0.4, -0.2) is 17.0 Å². The molecule has 110 valence electrons. The molecule has 0 aliphatic heterocycles. The molecule has 0 aliphatic carbocycles. The molecule has 1 aromatic carbocycles. The molecular formula is C14H15N3O4. The van der Waals surface area contributed by atoms with Gasteiger partial charge in [-0.25, -0.2) is 4.98 Å². The lowest BCUT2D eigenvalue weighted by Crippen LogP contribution is -2.07. The highest BCUT2D eigenvalue weighted by molar-refractivity contribution is 5.52. The molecule has 0 saturated heterocycles. The van der Waals surface area contributed by atoms with Gasteiger partial charge >= 0.3 is 5.69 Å². The molecule has 0 spiro atoms. The van der Waals surface area contributed by atoms with Gasteiger partial charge in [0.25, 0.3) is 0 Å². The Bertz CT molecular complexity index is 658. The molecule has 0 saturated carbocycles. The van der Waals surface area contributed by atoms with Crippen molar-refractivity contribution in [2.24, 2.45) is 5.73 Å².